The third kappa shape index (κ3) is 4.16. The van der Waals surface area contributed by atoms with E-state index in [9.17, 15) is 4.79 Å². The van der Waals surface area contributed by atoms with Crippen molar-refractivity contribution >= 4 is 17.6 Å². The maximum absolute atomic E-state index is 13.0. The van der Waals surface area contributed by atoms with E-state index in [4.69, 9.17) is 16.3 Å². The molecular formula is C25H27ClN2O2. The number of nitrogens with one attached hydrogen (secondary N) is 2. The van der Waals surface area contributed by atoms with Crippen molar-refractivity contribution in [3.63, 3.8) is 0 Å². The number of esters is 1. The molecule has 0 spiro atoms. The Kier molecular flexibility index (Phi) is 5.72. The van der Waals surface area contributed by atoms with E-state index in [1.165, 1.54) is 0 Å². The van der Waals surface area contributed by atoms with Crippen molar-refractivity contribution in [2.75, 3.05) is 13.1 Å². The highest BCUT2D eigenvalue weighted by Gasteiger charge is 2.31. The molecule has 30 heavy (non-hydrogen) atoms. The van der Waals surface area contributed by atoms with Crippen LogP contribution >= 0.6 is 11.6 Å². The first-order valence-corrected chi connectivity index (χ1v) is 10.7. The lowest BCUT2D eigenvalue weighted by molar-refractivity contribution is -0.156. The first kappa shape index (κ1) is 20.7. The molecule has 1 aliphatic heterocycles. The maximum Gasteiger partial charge on any atom is 0.315 e. The van der Waals surface area contributed by atoms with Gasteiger partial charge in [0.1, 0.15) is 5.60 Å². The molecule has 2 aromatic carbocycles. The summed E-state index contributed by atoms with van der Waals surface area (Å²) in [6.07, 6.45) is 4.79. The van der Waals surface area contributed by atoms with Crippen LogP contribution in [0.3, 0.4) is 0 Å². The van der Waals surface area contributed by atoms with Crippen LogP contribution in [-0.4, -0.2) is 29.6 Å². The summed E-state index contributed by atoms with van der Waals surface area (Å²) < 4.78 is 5.73. The minimum Gasteiger partial charge on any atom is -0.459 e. The molecule has 0 radical (unpaired) electrons. The number of hydrogen-bond acceptors (Lipinski definition) is 3. The second kappa shape index (κ2) is 8.29. The molecule has 0 amide bonds. The van der Waals surface area contributed by atoms with Gasteiger partial charge >= 0.3 is 5.97 Å². The Morgan fingerprint density at radius 2 is 1.80 bits per heavy atom. The van der Waals surface area contributed by atoms with Crippen LogP contribution in [0, 0.1) is 0 Å². The van der Waals surface area contributed by atoms with E-state index in [1.54, 1.807) is 0 Å². The van der Waals surface area contributed by atoms with Crippen molar-refractivity contribution in [2.24, 2.45) is 0 Å². The normalized spacial score (nSPS) is 16.6. The summed E-state index contributed by atoms with van der Waals surface area (Å²) in [4.78, 5) is 16.2. The van der Waals surface area contributed by atoms with Crippen LogP contribution in [-0.2, 0) is 16.0 Å². The van der Waals surface area contributed by atoms with Gasteiger partial charge in [0, 0.05) is 40.7 Å². The van der Waals surface area contributed by atoms with Crippen LogP contribution < -0.4 is 5.32 Å². The van der Waals surface area contributed by atoms with Gasteiger partial charge in [0.05, 0.1) is 5.92 Å². The largest absolute Gasteiger partial charge is 0.459 e. The molecule has 5 heteroatoms. The van der Waals surface area contributed by atoms with Crippen molar-refractivity contribution in [3.05, 3.63) is 71.0 Å². The second-order valence-electron chi connectivity index (χ2n) is 8.68. The lowest BCUT2D eigenvalue weighted by atomic mass is 9.86. The van der Waals surface area contributed by atoms with Crippen molar-refractivity contribution in [1.82, 2.24) is 10.3 Å². The zero-order valence-corrected chi connectivity index (χ0v) is 18.3. The Bertz CT molecular complexity index is 1050. The molecular weight excluding hydrogens is 396 g/mol. The summed E-state index contributed by atoms with van der Waals surface area (Å²) in [5, 5.41) is 4.09. The van der Waals surface area contributed by atoms with E-state index in [0.717, 1.165) is 46.3 Å². The third-order valence-corrected chi connectivity index (χ3v) is 5.68. The molecule has 1 aromatic heterocycles. The van der Waals surface area contributed by atoms with Crippen LogP contribution in [0.1, 0.15) is 37.8 Å². The van der Waals surface area contributed by atoms with E-state index < -0.39 is 5.60 Å². The van der Waals surface area contributed by atoms with Gasteiger partial charge in [0.25, 0.3) is 0 Å². The van der Waals surface area contributed by atoms with E-state index in [2.05, 4.69) is 22.4 Å². The average Bonchev–Trinajstić information content (AvgIpc) is 3.07. The minimum absolute atomic E-state index is 0.205. The second-order valence-corrected chi connectivity index (χ2v) is 9.09. The monoisotopic (exact) mass is 422 g/mol. The molecule has 0 fully saturated rings. The van der Waals surface area contributed by atoms with Crippen LogP contribution in [0.25, 0.3) is 22.3 Å². The highest BCUT2D eigenvalue weighted by molar-refractivity contribution is 6.33. The van der Waals surface area contributed by atoms with Gasteiger partial charge in [-0.2, -0.15) is 0 Å². The van der Waals surface area contributed by atoms with Crippen LogP contribution in [0.5, 0.6) is 0 Å². The molecule has 1 unspecified atom stereocenters. The molecule has 4 rings (SSSR count). The van der Waals surface area contributed by atoms with E-state index in [-0.39, 0.29) is 11.9 Å². The zero-order valence-electron chi connectivity index (χ0n) is 17.6. The van der Waals surface area contributed by atoms with E-state index in [1.807, 2.05) is 63.5 Å². The third-order valence-electron chi connectivity index (χ3n) is 5.36. The molecule has 0 aliphatic carbocycles. The van der Waals surface area contributed by atoms with E-state index >= 15 is 0 Å². The number of aromatic nitrogens is 1. The fourth-order valence-electron chi connectivity index (χ4n) is 4.10. The number of carbonyl (C=O) groups is 1. The Labute approximate surface area is 182 Å². The Hall–Kier alpha value is -2.56. The number of ether oxygens (including phenoxy) is 1. The molecule has 156 valence electrons. The summed E-state index contributed by atoms with van der Waals surface area (Å²) in [5.74, 6) is -0.569. The molecule has 3 aromatic rings. The smallest absolute Gasteiger partial charge is 0.315 e. The van der Waals surface area contributed by atoms with Gasteiger partial charge in [-0.15, -0.1) is 0 Å². The van der Waals surface area contributed by atoms with E-state index in [0.29, 0.717) is 11.6 Å². The van der Waals surface area contributed by atoms with Gasteiger partial charge in [-0.1, -0.05) is 48.0 Å². The van der Waals surface area contributed by atoms with Crippen molar-refractivity contribution < 1.29 is 9.53 Å². The maximum atomic E-state index is 13.0. The van der Waals surface area contributed by atoms with Gasteiger partial charge in [-0.3, -0.25) is 4.79 Å². The van der Waals surface area contributed by atoms with Gasteiger partial charge in [0.15, 0.2) is 0 Å². The number of rotatable bonds is 3. The lowest BCUT2D eigenvalue weighted by Crippen LogP contribution is -2.32. The van der Waals surface area contributed by atoms with Gasteiger partial charge in [-0.25, -0.2) is 0 Å². The van der Waals surface area contributed by atoms with Gasteiger partial charge < -0.3 is 15.0 Å². The minimum atomic E-state index is -0.528. The molecule has 1 atom stereocenters. The van der Waals surface area contributed by atoms with Crippen molar-refractivity contribution in [2.45, 2.75) is 38.7 Å². The predicted octanol–water partition coefficient (Wildman–Crippen LogP) is 5.57. The summed E-state index contributed by atoms with van der Waals surface area (Å²) in [6.45, 7) is 7.03. The van der Waals surface area contributed by atoms with Gasteiger partial charge in [0.2, 0.25) is 0 Å². The quantitative estimate of drug-likeness (QED) is 0.542. The summed E-state index contributed by atoms with van der Waals surface area (Å²) >= 11 is 6.75. The van der Waals surface area contributed by atoms with Crippen LogP contribution in [0.4, 0.5) is 0 Å². The standard InChI is InChI=1S/C25H27ClN2O2/c1-25(2,3)30-24(29)21-15-27-12-11-18-17(21)9-10-22(26)23(18)20-14-28-13-19(20)16-7-5-4-6-8-16/h4-10,13-14,21,27-28H,11-12,15H2,1-3H3. The average molecular weight is 423 g/mol. The molecule has 0 saturated heterocycles. The van der Waals surface area contributed by atoms with Gasteiger partial charge in [-0.05, 0) is 56.5 Å². The number of fused-ring (bicyclic) bond motifs is 1. The highest BCUT2D eigenvalue weighted by Crippen LogP contribution is 2.42. The number of benzene rings is 2. The molecule has 2 N–H and O–H groups in total. The summed E-state index contributed by atoms with van der Waals surface area (Å²) in [5.41, 5.74) is 5.84. The number of carbonyl (C=O) groups excluding carboxylic acids is 1. The molecule has 4 nitrogen and oxygen atoms in total. The van der Waals surface area contributed by atoms with Crippen molar-refractivity contribution in [3.8, 4) is 22.3 Å². The fraction of sp³-hybridized carbons (Fsp3) is 0.320. The molecule has 0 bridgehead atoms. The van der Waals surface area contributed by atoms with Crippen LogP contribution in [0.15, 0.2) is 54.9 Å². The number of H-pyrrole nitrogens is 1. The Balaban J connectivity index is 1.84. The SMILES string of the molecule is CC(C)(C)OC(=O)C1CNCCc2c1ccc(Cl)c2-c1c[nH]cc1-c1ccccc1. The number of aromatic amines is 1. The number of halogens is 1. The van der Waals surface area contributed by atoms with Crippen LogP contribution in [0.2, 0.25) is 5.02 Å². The first-order chi connectivity index (χ1) is 14.3. The topological polar surface area (TPSA) is 54.1 Å². The Morgan fingerprint density at radius 1 is 1.07 bits per heavy atom. The number of hydrogen-bond donors (Lipinski definition) is 2. The predicted molar refractivity (Wildman–Crippen MR) is 122 cm³/mol. The molecule has 1 aliphatic rings. The fourth-order valence-corrected chi connectivity index (χ4v) is 4.38. The summed E-state index contributed by atoms with van der Waals surface area (Å²) in [7, 11) is 0. The molecule has 0 saturated carbocycles. The Morgan fingerprint density at radius 3 is 2.53 bits per heavy atom. The zero-order chi connectivity index (χ0) is 21.3. The van der Waals surface area contributed by atoms with Crippen molar-refractivity contribution in [1.29, 1.82) is 0 Å². The highest BCUT2D eigenvalue weighted by atomic mass is 35.5. The lowest BCUT2D eigenvalue weighted by Gasteiger charge is -2.25. The molecule has 2 heterocycles. The first-order valence-electron chi connectivity index (χ1n) is 10.3. The summed E-state index contributed by atoms with van der Waals surface area (Å²) in [6, 6.07) is 14.1.